The zero-order chi connectivity index (χ0) is 16.8. The van der Waals surface area contributed by atoms with E-state index in [1.807, 2.05) is 13.8 Å². The first kappa shape index (κ1) is 17.2. The predicted octanol–water partition coefficient (Wildman–Crippen LogP) is 2.03. The molecule has 0 unspecified atom stereocenters. The van der Waals surface area contributed by atoms with Crippen LogP contribution in [0.15, 0.2) is 35.0 Å². The van der Waals surface area contributed by atoms with Gasteiger partial charge >= 0.3 is 0 Å². The van der Waals surface area contributed by atoms with Gasteiger partial charge in [0.15, 0.2) is 0 Å². The molecule has 1 atom stereocenters. The Kier molecular flexibility index (Phi) is 5.89. The van der Waals surface area contributed by atoms with E-state index in [1.54, 1.807) is 35.0 Å². The van der Waals surface area contributed by atoms with E-state index in [2.05, 4.69) is 16.2 Å². The maximum atomic E-state index is 12.2. The molecule has 0 fully saturated rings. The standard InChI is InChI=1S/C15H17N3O3S2/c1-9(2)12(16-13(19)10-5-3-7-22-10)15(21)18-17-14(20)11-6-4-8-23-11/h3-9,12H,1-2H3,(H,16,19)(H,17,20)(H,18,21)/t12-/m0/s1. The van der Waals surface area contributed by atoms with Crippen molar-refractivity contribution >= 4 is 40.4 Å². The van der Waals surface area contributed by atoms with Crippen molar-refractivity contribution in [2.45, 2.75) is 19.9 Å². The Bertz CT molecular complexity index is 666. The van der Waals surface area contributed by atoms with Crippen LogP contribution in [0.2, 0.25) is 0 Å². The number of hydrogen-bond acceptors (Lipinski definition) is 5. The molecule has 0 aromatic carbocycles. The summed E-state index contributed by atoms with van der Waals surface area (Å²) in [5.74, 6) is -1.29. The zero-order valence-electron chi connectivity index (χ0n) is 12.7. The van der Waals surface area contributed by atoms with Gasteiger partial charge in [-0.25, -0.2) is 0 Å². The van der Waals surface area contributed by atoms with Crippen LogP contribution in [0.5, 0.6) is 0 Å². The smallest absolute Gasteiger partial charge is 0.279 e. The predicted molar refractivity (Wildman–Crippen MR) is 90.3 cm³/mol. The Morgan fingerprint density at radius 2 is 1.48 bits per heavy atom. The molecule has 2 rings (SSSR count). The molecule has 6 nitrogen and oxygen atoms in total. The molecule has 8 heteroatoms. The van der Waals surface area contributed by atoms with E-state index in [0.717, 1.165) is 0 Å². The minimum Gasteiger partial charge on any atom is -0.339 e. The number of hydrogen-bond donors (Lipinski definition) is 3. The molecule has 122 valence electrons. The van der Waals surface area contributed by atoms with Gasteiger partial charge in [-0.2, -0.15) is 0 Å². The molecule has 0 aliphatic carbocycles. The fourth-order valence-corrected chi connectivity index (χ4v) is 3.07. The van der Waals surface area contributed by atoms with Crippen molar-refractivity contribution in [1.82, 2.24) is 16.2 Å². The van der Waals surface area contributed by atoms with Gasteiger partial charge < -0.3 is 5.32 Å². The van der Waals surface area contributed by atoms with E-state index in [4.69, 9.17) is 0 Å². The van der Waals surface area contributed by atoms with Crippen LogP contribution in [0.1, 0.15) is 33.2 Å². The van der Waals surface area contributed by atoms with E-state index in [1.165, 1.54) is 22.7 Å². The molecule has 0 saturated carbocycles. The second-order valence-electron chi connectivity index (χ2n) is 5.09. The number of hydrazine groups is 1. The second kappa shape index (κ2) is 7.89. The summed E-state index contributed by atoms with van der Waals surface area (Å²) in [6.07, 6.45) is 0. The maximum Gasteiger partial charge on any atom is 0.279 e. The SMILES string of the molecule is CC(C)[C@H](NC(=O)c1cccs1)C(=O)NNC(=O)c1cccs1. The minimum atomic E-state index is -0.742. The number of thiophene rings is 2. The van der Waals surface area contributed by atoms with E-state index < -0.39 is 11.9 Å². The topological polar surface area (TPSA) is 87.3 Å². The molecule has 2 heterocycles. The largest absolute Gasteiger partial charge is 0.339 e. The normalized spacial score (nSPS) is 11.8. The van der Waals surface area contributed by atoms with E-state index in [-0.39, 0.29) is 17.7 Å². The molecule has 0 spiro atoms. The molecule has 0 aliphatic rings. The van der Waals surface area contributed by atoms with Gasteiger partial charge in [-0.05, 0) is 28.8 Å². The summed E-state index contributed by atoms with van der Waals surface area (Å²) >= 11 is 2.58. The molecule has 0 radical (unpaired) electrons. The Labute approximate surface area is 141 Å². The minimum absolute atomic E-state index is 0.127. The van der Waals surface area contributed by atoms with Crippen molar-refractivity contribution in [1.29, 1.82) is 0 Å². The highest BCUT2D eigenvalue weighted by molar-refractivity contribution is 7.12. The summed E-state index contributed by atoms with van der Waals surface area (Å²) < 4.78 is 0. The molecule has 3 N–H and O–H groups in total. The number of carbonyl (C=O) groups is 3. The van der Waals surface area contributed by atoms with Gasteiger partial charge in [-0.15, -0.1) is 22.7 Å². The van der Waals surface area contributed by atoms with Crippen molar-refractivity contribution < 1.29 is 14.4 Å². The van der Waals surface area contributed by atoms with Gasteiger partial charge in [0.05, 0.1) is 9.75 Å². The third-order valence-corrected chi connectivity index (χ3v) is 4.76. The summed E-state index contributed by atoms with van der Waals surface area (Å²) in [7, 11) is 0. The molecule has 0 saturated heterocycles. The highest BCUT2D eigenvalue weighted by atomic mass is 32.1. The van der Waals surface area contributed by atoms with Gasteiger partial charge in [0.1, 0.15) is 6.04 Å². The summed E-state index contributed by atoms with van der Waals surface area (Å²) in [4.78, 5) is 37.2. The lowest BCUT2D eigenvalue weighted by Crippen LogP contribution is -2.54. The summed E-state index contributed by atoms with van der Waals surface area (Å²) in [5.41, 5.74) is 4.71. The highest BCUT2D eigenvalue weighted by Gasteiger charge is 2.25. The van der Waals surface area contributed by atoms with Crippen molar-refractivity contribution in [3.8, 4) is 0 Å². The summed E-state index contributed by atoms with van der Waals surface area (Å²) in [5, 5.41) is 6.25. The van der Waals surface area contributed by atoms with Gasteiger partial charge in [0.2, 0.25) is 0 Å². The highest BCUT2D eigenvalue weighted by Crippen LogP contribution is 2.10. The monoisotopic (exact) mass is 351 g/mol. The molecular weight excluding hydrogens is 334 g/mol. The van der Waals surface area contributed by atoms with Crippen LogP contribution in [0.3, 0.4) is 0 Å². The summed E-state index contributed by atoms with van der Waals surface area (Å²) in [6.45, 7) is 3.64. The Morgan fingerprint density at radius 3 is 1.96 bits per heavy atom. The molecule has 0 aliphatic heterocycles. The van der Waals surface area contributed by atoms with E-state index >= 15 is 0 Å². The number of nitrogens with one attached hydrogen (secondary N) is 3. The van der Waals surface area contributed by atoms with Crippen LogP contribution in [-0.2, 0) is 4.79 Å². The molecule has 0 bridgehead atoms. The maximum absolute atomic E-state index is 12.2. The van der Waals surface area contributed by atoms with Crippen LogP contribution >= 0.6 is 22.7 Å². The van der Waals surface area contributed by atoms with Crippen molar-refractivity contribution in [3.05, 3.63) is 44.8 Å². The average Bonchev–Trinajstić information content (AvgIpc) is 3.22. The van der Waals surface area contributed by atoms with Crippen molar-refractivity contribution in [3.63, 3.8) is 0 Å². The number of rotatable bonds is 5. The fraction of sp³-hybridized carbons (Fsp3) is 0.267. The Hall–Kier alpha value is -2.19. The molecule has 23 heavy (non-hydrogen) atoms. The molecule has 3 amide bonds. The van der Waals surface area contributed by atoms with Crippen LogP contribution in [-0.4, -0.2) is 23.8 Å². The average molecular weight is 351 g/mol. The van der Waals surface area contributed by atoms with Gasteiger partial charge in [-0.3, -0.25) is 25.2 Å². The van der Waals surface area contributed by atoms with Gasteiger partial charge in [0.25, 0.3) is 17.7 Å². The summed E-state index contributed by atoms with van der Waals surface area (Å²) in [6, 6.07) is 6.12. The first-order valence-electron chi connectivity index (χ1n) is 6.97. The Balaban J connectivity index is 1.93. The number of carbonyl (C=O) groups excluding carboxylic acids is 3. The van der Waals surface area contributed by atoms with Crippen molar-refractivity contribution in [2.24, 2.45) is 5.92 Å². The van der Waals surface area contributed by atoms with Gasteiger partial charge in [0, 0.05) is 0 Å². The van der Waals surface area contributed by atoms with E-state index in [9.17, 15) is 14.4 Å². The number of amides is 3. The lowest BCUT2D eigenvalue weighted by atomic mass is 10.0. The van der Waals surface area contributed by atoms with Gasteiger partial charge in [-0.1, -0.05) is 26.0 Å². The Morgan fingerprint density at radius 1 is 0.913 bits per heavy atom. The molecule has 2 aromatic heterocycles. The fourth-order valence-electron chi connectivity index (χ4n) is 1.82. The molecular formula is C15H17N3O3S2. The lowest BCUT2D eigenvalue weighted by Gasteiger charge is -2.21. The van der Waals surface area contributed by atoms with Crippen molar-refractivity contribution in [2.75, 3.05) is 0 Å². The van der Waals surface area contributed by atoms with E-state index in [0.29, 0.717) is 9.75 Å². The quantitative estimate of drug-likeness (QED) is 0.720. The molecule has 2 aromatic rings. The van der Waals surface area contributed by atoms with Crippen LogP contribution in [0, 0.1) is 5.92 Å². The first-order valence-corrected chi connectivity index (χ1v) is 8.73. The van der Waals surface area contributed by atoms with Crippen LogP contribution < -0.4 is 16.2 Å². The van der Waals surface area contributed by atoms with Crippen LogP contribution in [0.4, 0.5) is 0 Å². The lowest BCUT2D eigenvalue weighted by molar-refractivity contribution is -0.124. The van der Waals surface area contributed by atoms with Crippen LogP contribution in [0.25, 0.3) is 0 Å². The first-order chi connectivity index (χ1) is 11.0. The third kappa shape index (κ3) is 4.64. The third-order valence-electron chi connectivity index (χ3n) is 3.02. The second-order valence-corrected chi connectivity index (χ2v) is 6.99. The zero-order valence-corrected chi connectivity index (χ0v) is 14.3.